The van der Waals surface area contributed by atoms with Gasteiger partial charge in [-0.25, -0.2) is 9.79 Å². The van der Waals surface area contributed by atoms with E-state index in [0.29, 0.717) is 55.7 Å². The van der Waals surface area contributed by atoms with Crippen molar-refractivity contribution in [2.24, 2.45) is 15.7 Å². The van der Waals surface area contributed by atoms with Gasteiger partial charge in [0.15, 0.2) is 23.7 Å². The van der Waals surface area contributed by atoms with Crippen molar-refractivity contribution in [1.82, 2.24) is 25.5 Å². The standard InChI is InChI=1S/C20H25N7O5.C15H18N6O3/c1-26-15-8-22-18-20(26,10-23-19(21)25-18)27(9-15)14-4-2-13(3-5-14)17(30)24-16(32-12-29)6-7-31-11-28;1-21-10(6-17-9-4-2-8(3-5-9)14(23)24)7-18-12-11(21)13(22)20-15(16)19-12/h2-5,11-12,15-16H,6-10H2,1H3,(H,24,30)(H3,21,22,23,25);2-5,10,17H,6-7H2,1H3,(H,23,24)(H4,16,18,19,20,22). The van der Waals surface area contributed by atoms with Crippen molar-refractivity contribution >= 4 is 65.4 Å². The number of aliphatic imine (C=N–C) groups is 2. The van der Waals surface area contributed by atoms with Crippen LogP contribution in [0.2, 0.25) is 0 Å². The summed E-state index contributed by atoms with van der Waals surface area (Å²) in [6, 6.07) is 13.9. The van der Waals surface area contributed by atoms with Crippen molar-refractivity contribution < 1.29 is 33.8 Å². The molecule has 1 spiro atoms. The molecule has 2 bridgehead atoms. The van der Waals surface area contributed by atoms with Crippen LogP contribution in [0.25, 0.3) is 0 Å². The number of amides is 1. The van der Waals surface area contributed by atoms with Gasteiger partial charge in [0.05, 0.1) is 31.3 Å². The van der Waals surface area contributed by atoms with E-state index in [-0.39, 0.29) is 48.7 Å². The van der Waals surface area contributed by atoms with Crippen molar-refractivity contribution in [2.45, 2.75) is 30.4 Å². The molecule has 4 atom stereocenters. The zero-order valence-electron chi connectivity index (χ0n) is 30.6. The number of anilines is 5. The van der Waals surface area contributed by atoms with Crippen LogP contribution in [0.5, 0.6) is 0 Å². The number of aromatic carboxylic acids is 1. The van der Waals surface area contributed by atoms with Crippen molar-refractivity contribution in [1.29, 1.82) is 0 Å². The molecule has 3 aromatic rings. The minimum Gasteiger partial charge on any atom is -0.478 e. The van der Waals surface area contributed by atoms with Crippen molar-refractivity contribution in [3.8, 4) is 0 Å². The summed E-state index contributed by atoms with van der Waals surface area (Å²) in [7, 11) is 3.88. The molecular formula is C35H43N13O8. The maximum atomic E-state index is 12.6. The van der Waals surface area contributed by atoms with Crippen LogP contribution in [0.15, 0.2) is 63.3 Å². The first-order chi connectivity index (χ1) is 26.9. The lowest BCUT2D eigenvalue weighted by Gasteiger charge is -2.47. The molecule has 0 aliphatic carbocycles. The number of likely N-dealkylation sites (N-methyl/N-ethyl adjacent to an activating group) is 2. The second-order valence-electron chi connectivity index (χ2n) is 13.3. The highest BCUT2D eigenvalue weighted by atomic mass is 16.5. The molecule has 4 unspecified atom stereocenters. The number of nitrogens with one attached hydrogen (secondary N) is 5. The summed E-state index contributed by atoms with van der Waals surface area (Å²) in [5.74, 6) is 0.306. The van der Waals surface area contributed by atoms with E-state index in [1.165, 1.54) is 0 Å². The van der Waals surface area contributed by atoms with E-state index in [4.69, 9.17) is 26.3 Å². The molecule has 7 rings (SSSR count). The molecule has 4 aliphatic heterocycles. The molecule has 296 valence electrons. The predicted molar refractivity (Wildman–Crippen MR) is 207 cm³/mol. The summed E-state index contributed by atoms with van der Waals surface area (Å²) >= 11 is 0. The summed E-state index contributed by atoms with van der Waals surface area (Å²) in [6.45, 7) is 3.59. The molecule has 10 N–H and O–H groups in total. The Morgan fingerprint density at radius 1 is 1.07 bits per heavy atom. The highest BCUT2D eigenvalue weighted by Crippen LogP contribution is 2.39. The number of carboxylic acids is 1. The highest BCUT2D eigenvalue weighted by Gasteiger charge is 2.57. The van der Waals surface area contributed by atoms with Gasteiger partial charge in [-0.1, -0.05) is 0 Å². The van der Waals surface area contributed by atoms with Crippen LogP contribution in [0.4, 0.5) is 28.8 Å². The van der Waals surface area contributed by atoms with E-state index in [9.17, 15) is 24.0 Å². The molecule has 0 radical (unpaired) electrons. The average molecular weight is 774 g/mol. The molecule has 2 aromatic carbocycles. The lowest BCUT2D eigenvalue weighted by atomic mass is 10.0. The Bertz CT molecular complexity index is 2060. The number of hydrogen-bond acceptors (Lipinski definition) is 18. The number of fused-ring (bicyclic) bond motifs is 2. The number of aromatic nitrogens is 2. The molecule has 56 heavy (non-hydrogen) atoms. The first-order valence-corrected chi connectivity index (χ1v) is 17.6. The number of carbonyl (C=O) groups excluding carboxylic acids is 3. The van der Waals surface area contributed by atoms with E-state index in [1.54, 1.807) is 36.4 Å². The van der Waals surface area contributed by atoms with Gasteiger partial charge in [0.25, 0.3) is 24.4 Å². The summed E-state index contributed by atoms with van der Waals surface area (Å²) in [5.41, 5.74) is 13.4. The van der Waals surface area contributed by atoms with E-state index in [2.05, 4.69) is 57.8 Å². The number of nitrogen functional groups attached to an aromatic ring is 1. The fourth-order valence-electron chi connectivity index (χ4n) is 6.99. The highest BCUT2D eigenvalue weighted by molar-refractivity contribution is 6.08. The number of carboxylic acid groups (broad SMARTS) is 1. The fourth-order valence-corrected chi connectivity index (χ4v) is 6.99. The second kappa shape index (κ2) is 16.6. The number of guanidine groups is 1. The van der Waals surface area contributed by atoms with Gasteiger partial charge in [0.1, 0.15) is 11.5 Å². The number of hydrogen-bond donors (Lipinski definition) is 8. The monoisotopic (exact) mass is 773 g/mol. The Morgan fingerprint density at radius 2 is 1.80 bits per heavy atom. The molecule has 21 nitrogen and oxygen atoms in total. The molecular weight excluding hydrogens is 730 g/mol. The van der Waals surface area contributed by atoms with Crippen LogP contribution >= 0.6 is 0 Å². The Balaban J connectivity index is 0.000000198. The molecule has 4 aliphatic rings. The third-order valence-corrected chi connectivity index (χ3v) is 10.0. The molecule has 1 fully saturated rings. The molecule has 0 saturated carbocycles. The van der Waals surface area contributed by atoms with Gasteiger partial charge in [-0.2, -0.15) is 4.98 Å². The van der Waals surface area contributed by atoms with Gasteiger partial charge in [0, 0.05) is 56.1 Å². The fraction of sp³-hybridized carbons (Fsp3) is 0.371. The predicted octanol–water partition coefficient (Wildman–Crippen LogP) is -0.982. The van der Waals surface area contributed by atoms with Gasteiger partial charge in [-0.15, -0.1) is 0 Å². The SMILES string of the molecule is CN1C2CN=C3NC(N)=NCC31N(c1ccc(C(=O)NC(CCOC=O)OC=O)cc1)C2.CN1c2c(nc(N)[nH]c2=O)NCC1CNc1ccc(C(=O)O)cc1. The minimum absolute atomic E-state index is 0.0118. The van der Waals surface area contributed by atoms with Crippen LogP contribution in [-0.4, -0.2) is 134 Å². The zero-order valence-corrected chi connectivity index (χ0v) is 30.6. The first-order valence-electron chi connectivity index (χ1n) is 17.6. The van der Waals surface area contributed by atoms with Crippen molar-refractivity contribution in [3.05, 3.63) is 70.0 Å². The van der Waals surface area contributed by atoms with Gasteiger partial charge >= 0.3 is 5.97 Å². The summed E-state index contributed by atoms with van der Waals surface area (Å²) in [6.07, 6.45) is -0.759. The number of benzene rings is 2. The number of ether oxygens (including phenoxy) is 2. The smallest absolute Gasteiger partial charge is 0.335 e. The van der Waals surface area contributed by atoms with Gasteiger partial charge in [-0.05, 0) is 55.6 Å². The van der Waals surface area contributed by atoms with Crippen LogP contribution in [0.1, 0.15) is 27.1 Å². The first kappa shape index (κ1) is 38.8. The Hall–Kier alpha value is -6.90. The van der Waals surface area contributed by atoms with E-state index >= 15 is 0 Å². The lowest BCUT2D eigenvalue weighted by Crippen LogP contribution is -2.70. The third-order valence-electron chi connectivity index (χ3n) is 10.0. The van der Waals surface area contributed by atoms with Crippen LogP contribution < -0.4 is 48.1 Å². The zero-order chi connectivity index (χ0) is 40.0. The Morgan fingerprint density at radius 3 is 2.50 bits per heavy atom. The van der Waals surface area contributed by atoms with Gasteiger partial charge in [-0.3, -0.25) is 34.1 Å². The van der Waals surface area contributed by atoms with E-state index < -0.39 is 23.8 Å². The number of carbonyl (C=O) groups is 4. The quantitative estimate of drug-likeness (QED) is 0.0588. The number of H-pyrrole nitrogens is 1. The number of amidine groups is 1. The maximum Gasteiger partial charge on any atom is 0.335 e. The van der Waals surface area contributed by atoms with Gasteiger partial charge in [0.2, 0.25) is 5.95 Å². The van der Waals surface area contributed by atoms with Gasteiger partial charge < -0.3 is 57.1 Å². The average Bonchev–Trinajstić information content (AvgIpc) is 3.33. The van der Waals surface area contributed by atoms with Crippen LogP contribution in [0.3, 0.4) is 0 Å². The molecule has 1 saturated heterocycles. The second-order valence-corrected chi connectivity index (χ2v) is 13.3. The molecule has 1 aromatic heterocycles. The lowest BCUT2D eigenvalue weighted by molar-refractivity contribution is -0.136. The summed E-state index contributed by atoms with van der Waals surface area (Å²) in [4.78, 5) is 78.5. The number of nitrogens with zero attached hydrogens (tertiary/aromatic N) is 6. The van der Waals surface area contributed by atoms with E-state index in [1.807, 2.05) is 24.1 Å². The van der Waals surface area contributed by atoms with E-state index in [0.717, 1.165) is 23.8 Å². The minimum atomic E-state index is -0.958. The Labute approximate surface area is 320 Å². The topological polar surface area (TPSA) is 287 Å². The van der Waals surface area contributed by atoms with Crippen LogP contribution in [0, 0.1) is 0 Å². The normalized spacial score (nSPS) is 21.2. The largest absolute Gasteiger partial charge is 0.478 e. The van der Waals surface area contributed by atoms with Crippen LogP contribution in [-0.2, 0) is 19.1 Å². The number of aromatic amines is 1. The van der Waals surface area contributed by atoms with Crippen molar-refractivity contribution in [2.75, 3.05) is 79.6 Å². The molecule has 21 heteroatoms. The number of nitrogens with two attached hydrogens (primary N) is 2. The summed E-state index contributed by atoms with van der Waals surface area (Å²) in [5, 5.41) is 21.0. The summed E-state index contributed by atoms with van der Waals surface area (Å²) < 4.78 is 9.44. The maximum absolute atomic E-state index is 12.6. The third kappa shape index (κ3) is 7.97. The molecule has 1 amide bonds. The molecule has 5 heterocycles. The Kier molecular flexibility index (Phi) is 11.5. The van der Waals surface area contributed by atoms with Crippen molar-refractivity contribution in [3.63, 3.8) is 0 Å². The number of rotatable bonds is 13.